The normalized spacial score (nSPS) is 10.4. The van der Waals surface area contributed by atoms with Crippen molar-refractivity contribution >= 4 is 5.82 Å². The second-order valence-corrected chi connectivity index (χ2v) is 3.81. The Morgan fingerprint density at radius 1 is 1.29 bits per heavy atom. The molecule has 0 atom stereocenters. The molecule has 0 aromatic carbocycles. The maximum absolute atomic E-state index is 5.46. The summed E-state index contributed by atoms with van der Waals surface area (Å²) in [6.07, 6.45) is 6.56. The average Bonchev–Trinajstić information content (AvgIpc) is 2.83. The molecule has 2 aromatic heterocycles. The van der Waals surface area contributed by atoms with E-state index in [9.17, 15) is 0 Å². The monoisotopic (exact) mass is 231 g/mol. The van der Waals surface area contributed by atoms with E-state index in [0.717, 1.165) is 24.5 Å². The minimum Gasteiger partial charge on any atom is -0.363 e. The second-order valence-electron chi connectivity index (χ2n) is 3.81. The van der Waals surface area contributed by atoms with Crippen LogP contribution in [0, 0.1) is 0 Å². The molecule has 0 aliphatic carbocycles. The van der Waals surface area contributed by atoms with Crippen LogP contribution in [-0.2, 0) is 13.1 Å². The summed E-state index contributed by atoms with van der Waals surface area (Å²) in [7, 11) is 0. The molecule has 2 aromatic rings. The number of hydrogen-bond acceptors (Lipinski definition) is 4. The standard InChI is InChI=1S/C12H17N5/c13-5-3-7-17-9-12(16-10-17)15-8-11-4-1-2-6-14-11/h1-2,4,6,9-10,15H,3,5,7-8,13H2. The Balaban J connectivity index is 1.85. The number of nitrogens with one attached hydrogen (secondary N) is 1. The van der Waals surface area contributed by atoms with Crippen molar-refractivity contribution in [2.24, 2.45) is 5.73 Å². The third kappa shape index (κ3) is 3.57. The predicted octanol–water partition coefficient (Wildman–Crippen LogP) is 1.24. The van der Waals surface area contributed by atoms with E-state index in [1.807, 2.05) is 35.3 Å². The Hall–Kier alpha value is -1.88. The Morgan fingerprint density at radius 3 is 3.00 bits per heavy atom. The number of hydrogen-bond donors (Lipinski definition) is 2. The molecule has 2 heterocycles. The van der Waals surface area contributed by atoms with Gasteiger partial charge >= 0.3 is 0 Å². The molecule has 3 N–H and O–H groups in total. The SMILES string of the molecule is NCCCn1cnc(NCc2ccccn2)c1. The number of imidazole rings is 1. The Bertz CT molecular complexity index is 437. The number of rotatable bonds is 6. The van der Waals surface area contributed by atoms with E-state index in [4.69, 9.17) is 5.73 Å². The van der Waals surface area contributed by atoms with Crippen molar-refractivity contribution in [3.05, 3.63) is 42.6 Å². The molecule has 2 rings (SSSR count). The van der Waals surface area contributed by atoms with E-state index < -0.39 is 0 Å². The van der Waals surface area contributed by atoms with Gasteiger partial charge in [0.2, 0.25) is 0 Å². The van der Waals surface area contributed by atoms with Crippen molar-refractivity contribution < 1.29 is 0 Å². The Morgan fingerprint density at radius 2 is 2.24 bits per heavy atom. The van der Waals surface area contributed by atoms with Gasteiger partial charge in [-0.15, -0.1) is 0 Å². The van der Waals surface area contributed by atoms with Crippen molar-refractivity contribution in [2.45, 2.75) is 19.5 Å². The number of pyridine rings is 1. The van der Waals surface area contributed by atoms with E-state index in [1.54, 1.807) is 6.20 Å². The summed E-state index contributed by atoms with van der Waals surface area (Å²) < 4.78 is 2.04. The van der Waals surface area contributed by atoms with E-state index in [1.165, 1.54) is 0 Å². The molecule has 90 valence electrons. The number of aryl methyl sites for hydroxylation is 1. The molecule has 0 aliphatic heterocycles. The van der Waals surface area contributed by atoms with Crippen LogP contribution < -0.4 is 11.1 Å². The van der Waals surface area contributed by atoms with Gasteiger partial charge in [-0.3, -0.25) is 4.98 Å². The van der Waals surface area contributed by atoms with E-state index >= 15 is 0 Å². The highest BCUT2D eigenvalue weighted by molar-refractivity contribution is 5.31. The van der Waals surface area contributed by atoms with Crippen LogP contribution in [0.4, 0.5) is 5.82 Å². The van der Waals surface area contributed by atoms with Gasteiger partial charge in [0.25, 0.3) is 0 Å². The van der Waals surface area contributed by atoms with Crippen LogP contribution in [0.2, 0.25) is 0 Å². The highest BCUT2D eigenvalue weighted by Crippen LogP contribution is 2.05. The average molecular weight is 231 g/mol. The number of nitrogens with zero attached hydrogens (tertiary/aromatic N) is 3. The summed E-state index contributed by atoms with van der Waals surface area (Å²) in [5, 5.41) is 3.23. The van der Waals surface area contributed by atoms with Crippen LogP contribution in [0.5, 0.6) is 0 Å². The second kappa shape index (κ2) is 6.00. The summed E-state index contributed by atoms with van der Waals surface area (Å²) in [4.78, 5) is 8.50. The summed E-state index contributed by atoms with van der Waals surface area (Å²) in [6.45, 7) is 2.30. The van der Waals surface area contributed by atoms with Crippen LogP contribution >= 0.6 is 0 Å². The van der Waals surface area contributed by atoms with Crippen molar-refractivity contribution in [1.82, 2.24) is 14.5 Å². The van der Waals surface area contributed by atoms with Crippen molar-refractivity contribution in [1.29, 1.82) is 0 Å². The maximum Gasteiger partial charge on any atom is 0.144 e. The minimum atomic E-state index is 0.689. The molecule has 0 bridgehead atoms. The molecule has 0 spiro atoms. The van der Waals surface area contributed by atoms with E-state index in [0.29, 0.717) is 13.1 Å². The lowest BCUT2D eigenvalue weighted by molar-refractivity contribution is 0.650. The van der Waals surface area contributed by atoms with Crippen LogP contribution in [0.25, 0.3) is 0 Å². The summed E-state index contributed by atoms with van der Waals surface area (Å²) in [5.41, 5.74) is 6.46. The predicted molar refractivity (Wildman–Crippen MR) is 67.5 cm³/mol. The van der Waals surface area contributed by atoms with E-state index in [2.05, 4.69) is 15.3 Å². The van der Waals surface area contributed by atoms with Gasteiger partial charge in [0, 0.05) is 18.9 Å². The smallest absolute Gasteiger partial charge is 0.144 e. The fraction of sp³-hybridized carbons (Fsp3) is 0.333. The number of aromatic nitrogens is 3. The number of anilines is 1. The van der Waals surface area contributed by atoms with Crippen LogP contribution in [0.3, 0.4) is 0 Å². The lowest BCUT2D eigenvalue weighted by Gasteiger charge is -2.01. The topological polar surface area (TPSA) is 68.8 Å². The van der Waals surface area contributed by atoms with Gasteiger partial charge in [-0.2, -0.15) is 0 Å². The highest BCUT2D eigenvalue weighted by atomic mass is 15.1. The first-order valence-corrected chi connectivity index (χ1v) is 5.74. The van der Waals surface area contributed by atoms with Gasteiger partial charge in [0.15, 0.2) is 0 Å². The van der Waals surface area contributed by atoms with Gasteiger partial charge in [-0.1, -0.05) is 6.07 Å². The van der Waals surface area contributed by atoms with Gasteiger partial charge in [-0.05, 0) is 25.1 Å². The Kier molecular flexibility index (Phi) is 4.10. The molecule has 5 nitrogen and oxygen atoms in total. The molecular formula is C12H17N5. The maximum atomic E-state index is 5.46. The molecule has 0 saturated carbocycles. The molecule has 0 amide bonds. The minimum absolute atomic E-state index is 0.689. The fourth-order valence-corrected chi connectivity index (χ4v) is 1.53. The zero-order chi connectivity index (χ0) is 11.9. The third-order valence-electron chi connectivity index (χ3n) is 2.43. The first kappa shape index (κ1) is 11.6. The molecule has 0 aliphatic rings. The molecule has 17 heavy (non-hydrogen) atoms. The van der Waals surface area contributed by atoms with Crippen molar-refractivity contribution in [2.75, 3.05) is 11.9 Å². The zero-order valence-corrected chi connectivity index (χ0v) is 9.71. The molecule has 0 radical (unpaired) electrons. The molecule has 0 fully saturated rings. The quantitative estimate of drug-likeness (QED) is 0.784. The molecule has 5 heteroatoms. The van der Waals surface area contributed by atoms with Gasteiger partial charge in [-0.25, -0.2) is 4.98 Å². The summed E-state index contributed by atoms with van der Waals surface area (Å²) in [6, 6.07) is 5.87. The lowest BCUT2D eigenvalue weighted by Crippen LogP contribution is -2.04. The first-order valence-electron chi connectivity index (χ1n) is 5.74. The van der Waals surface area contributed by atoms with Crippen LogP contribution in [0.1, 0.15) is 12.1 Å². The first-order chi connectivity index (χ1) is 8.38. The fourth-order valence-electron chi connectivity index (χ4n) is 1.53. The van der Waals surface area contributed by atoms with Gasteiger partial charge < -0.3 is 15.6 Å². The highest BCUT2D eigenvalue weighted by Gasteiger charge is 1.98. The van der Waals surface area contributed by atoms with Gasteiger partial charge in [0.05, 0.1) is 18.6 Å². The zero-order valence-electron chi connectivity index (χ0n) is 9.71. The molecule has 0 unspecified atom stereocenters. The number of nitrogens with two attached hydrogens (primary N) is 1. The van der Waals surface area contributed by atoms with Gasteiger partial charge in [0.1, 0.15) is 5.82 Å². The van der Waals surface area contributed by atoms with Crippen LogP contribution in [0.15, 0.2) is 36.9 Å². The third-order valence-corrected chi connectivity index (χ3v) is 2.43. The summed E-state index contributed by atoms with van der Waals surface area (Å²) in [5.74, 6) is 0.868. The largest absolute Gasteiger partial charge is 0.363 e. The summed E-state index contributed by atoms with van der Waals surface area (Å²) >= 11 is 0. The molecular weight excluding hydrogens is 214 g/mol. The lowest BCUT2D eigenvalue weighted by atomic mass is 10.3. The van der Waals surface area contributed by atoms with E-state index in [-0.39, 0.29) is 0 Å². The Labute approximate surface area is 101 Å². The van der Waals surface area contributed by atoms with Crippen LogP contribution in [-0.4, -0.2) is 21.1 Å². The van der Waals surface area contributed by atoms with Crippen molar-refractivity contribution in [3.63, 3.8) is 0 Å². The molecule has 0 saturated heterocycles. The van der Waals surface area contributed by atoms with Crippen molar-refractivity contribution in [3.8, 4) is 0 Å².